The van der Waals surface area contributed by atoms with Crippen LogP contribution >= 0.6 is 0 Å². The summed E-state index contributed by atoms with van der Waals surface area (Å²) in [4.78, 5) is 2.42. The molecule has 0 spiro atoms. The molecule has 134 valence electrons. The van der Waals surface area contributed by atoms with Crippen molar-refractivity contribution in [2.75, 3.05) is 27.2 Å². The molecule has 2 aliphatic rings. The fourth-order valence-corrected chi connectivity index (χ4v) is 4.17. The maximum Gasteiger partial charge on any atom is 0.0813 e. The molecular formula is C23H27N3. The third-order valence-electron chi connectivity index (χ3n) is 5.52. The lowest BCUT2D eigenvalue weighted by molar-refractivity contribution is 0.211. The summed E-state index contributed by atoms with van der Waals surface area (Å²) in [5, 5.41) is 7.13. The Kier molecular flexibility index (Phi) is 4.41. The van der Waals surface area contributed by atoms with Crippen LogP contribution in [0, 0.1) is 19.8 Å². The number of nitrogens with zero attached hydrogens (tertiary/aromatic N) is 3. The number of hydrogen-bond donors (Lipinski definition) is 0. The lowest BCUT2D eigenvalue weighted by Crippen LogP contribution is -2.41. The summed E-state index contributed by atoms with van der Waals surface area (Å²) < 4.78 is 0. The van der Waals surface area contributed by atoms with Crippen molar-refractivity contribution in [3.8, 4) is 0 Å². The molecule has 0 N–H and O–H groups in total. The van der Waals surface area contributed by atoms with Gasteiger partial charge < -0.3 is 4.90 Å². The summed E-state index contributed by atoms with van der Waals surface area (Å²) in [6.07, 6.45) is 2.31. The lowest BCUT2D eigenvalue weighted by atomic mass is 9.83. The van der Waals surface area contributed by atoms with Crippen LogP contribution in [0.15, 0.2) is 59.2 Å². The predicted molar refractivity (Wildman–Crippen MR) is 109 cm³/mol. The van der Waals surface area contributed by atoms with Crippen LogP contribution in [0.3, 0.4) is 0 Å². The quantitative estimate of drug-likeness (QED) is 0.808. The van der Waals surface area contributed by atoms with Crippen molar-refractivity contribution in [3.05, 3.63) is 76.4 Å². The van der Waals surface area contributed by atoms with Gasteiger partial charge in [0.1, 0.15) is 0 Å². The van der Waals surface area contributed by atoms with Gasteiger partial charge in [0.2, 0.25) is 0 Å². The molecule has 0 radical (unpaired) electrons. The van der Waals surface area contributed by atoms with Gasteiger partial charge in [0.25, 0.3) is 0 Å². The summed E-state index contributed by atoms with van der Waals surface area (Å²) in [5.74, 6) is 0.415. The number of piperidine rings is 1. The van der Waals surface area contributed by atoms with Gasteiger partial charge in [-0.15, -0.1) is 0 Å². The molecule has 2 aliphatic heterocycles. The first-order valence-corrected chi connectivity index (χ1v) is 9.35. The number of benzene rings is 2. The number of likely N-dealkylation sites (tertiary alicyclic amines) is 1. The fourth-order valence-electron chi connectivity index (χ4n) is 4.17. The minimum absolute atomic E-state index is 0.315. The normalized spacial score (nSPS) is 24.7. The monoisotopic (exact) mass is 345 g/mol. The zero-order chi connectivity index (χ0) is 18.3. The van der Waals surface area contributed by atoms with E-state index in [0.717, 1.165) is 13.1 Å². The first-order chi connectivity index (χ1) is 12.5. The van der Waals surface area contributed by atoms with Crippen LogP contribution in [-0.4, -0.2) is 42.8 Å². The van der Waals surface area contributed by atoms with Crippen molar-refractivity contribution >= 4 is 11.8 Å². The Morgan fingerprint density at radius 2 is 1.54 bits per heavy atom. The van der Waals surface area contributed by atoms with Gasteiger partial charge in [-0.3, -0.25) is 5.01 Å². The van der Waals surface area contributed by atoms with E-state index in [4.69, 9.17) is 5.10 Å². The summed E-state index contributed by atoms with van der Waals surface area (Å²) in [5.41, 5.74) is 7.81. The van der Waals surface area contributed by atoms with Crippen LogP contribution in [0.5, 0.6) is 0 Å². The third kappa shape index (κ3) is 3.19. The van der Waals surface area contributed by atoms with E-state index in [1.807, 2.05) is 0 Å². The lowest BCUT2D eigenvalue weighted by Gasteiger charge is -2.34. The second-order valence-corrected chi connectivity index (χ2v) is 7.80. The van der Waals surface area contributed by atoms with Gasteiger partial charge in [0.05, 0.1) is 11.8 Å². The van der Waals surface area contributed by atoms with E-state index in [0.29, 0.717) is 12.0 Å². The van der Waals surface area contributed by atoms with Crippen molar-refractivity contribution in [2.45, 2.75) is 19.9 Å². The molecule has 2 aromatic carbocycles. The molecule has 0 aromatic heterocycles. The Hall–Kier alpha value is -2.39. The van der Waals surface area contributed by atoms with Crippen molar-refractivity contribution in [3.63, 3.8) is 0 Å². The highest BCUT2D eigenvalue weighted by Crippen LogP contribution is 2.39. The topological polar surface area (TPSA) is 18.8 Å². The maximum absolute atomic E-state index is 4.98. The highest BCUT2D eigenvalue weighted by atomic mass is 15.5. The molecule has 1 fully saturated rings. The Morgan fingerprint density at radius 1 is 0.923 bits per heavy atom. The zero-order valence-electron chi connectivity index (χ0n) is 16.1. The number of likely N-dealkylation sites (N-methyl/N-ethyl adjacent to an activating group) is 1. The molecule has 2 heterocycles. The molecule has 3 nitrogen and oxygen atoms in total. The van der Waals surface area contributed by atoms with Crippen LogP contribution in [0.25, 0.3) is 6.08 Å². The molecule has 0 saturated carbocycles. The average Bonchev–Trinajstić information content (AvgIpc) is 2.94. The van der Waals surface area contributed by atoms with Gasteiger partial charge in [-0.25, -0.2) is 0 Å². The SMILES string of the molecule is Cc1ccc(/C=C2\CN(C)CC3C2=NN(C)C3c2ccc(C)cc2)cc1. The standard InChI is InChI=1S/C23H27N3/c1-16-5-9-18(10-6-16)13-20-14-25(3)15-21-22(20)24-26(4)23(21)19-11-7-17(2)8-12-19/h5-13,21,23H,14-15H2,1-4H3/b20-13+. The van der Waals surface area contributed by atoms with Crippen LogP contribution in [-0.2, 0) is 0 Å². The van der Waals surface area contributed by atoms with Gasteiger partial charge in [0, 0.05) is 26.1 Å². The second-order valence-electron chi connectivity index (χ2n) is 7.80. The molecular weight excluding hydrogens is 318 g/mol. The summed E-state index contributed by atoms with van der Waals surface area (Å²) >= 11 is 0. The molecule has 0 bridgehead atoms. The van der Waals surface area contributed by atoms with Crippen LogP contribution in [0.1, 0.15) is 28.3 Å². The summed E-state index contributed by atoms with van der Waals surface area (Å²) in [6, 6.07) is 18.0. The second kappa shape index (κ2) is 6.73. The van der Waals surface area contributed by atoms with E-state index in [-0.39, 0.29) is 0 Å². The molecule has 0 aliphatic carbocycles. The van der Waals surface area contributed by atoms with E-state index in [9.17, 15) is 0 Å². The Morgan fingerprint density at radius 3 is 2.19 bits per heavy atom. The number of fused-ring (bicyclic) bond motifs is 1. The highest BCUT2D eigenvalue weighted by Gasteiger charge is 2.41. The van der Waals surface area contributed by atoms with Crippen LogP contribution < -0.4 is 0 Å². The van der Waals surface area contributed by atoms with E-state index in [1.54, 1.807) is 0 Å². The average molecular weight is 345 g/mol. The van der Waals surface area contributed by atoms with Gasteiger partial charge in [-0.2, -0.15) is 5.10 Å². The van der Waals surface area contributed by atoms with E-state index in [1.165, 1.54) is 33.5 Å². The molecule has 2 unspecified atom stereocenters. The maximum atomic E-state index is 4.98. The first kappa shape index (κ1) is 17.0. The minimum atomic E-state index is 0.315. The van der Waals surface area contributed by atoms with E-state index >= 15 is 0 Å². The largest absolute Gasteiger partial charge is 0.301 e. The molecule has 2 atom stereocenters. The fraction of sp³-hybridized carbons (Fsp3) is 0.348. The van der Waals surface area contributed by atoms with E-state index in [2.05, 4.69) is 92.5 Å². The summed E-state index contributed by atoms with van der Waals surface area (Å²) in [7, 11) is 4.32. The van der Waals surface area contributed by atoms with Crippen molar-refractivity contribution in [2.24, 2.45) is 11.0 Å². The Labute approximate surface area is 156 Å². The van der Waals surface area contributed by atoms with Crippen molar-refractivity contribution in [1.29, 1.82) is 0 Å². The molecule has 26 heavy (non-hydrogen) atoms. The molecule has 3 heteroatoms. The van der Waals surface area contributed by atoms with Crippen LogP contribution in [0.2, 0.25) is 0 Å². The van der Waals surface area contributed by atoms with Gasteiger partial charge >= 0.3 is 0 Å². The Balaban J connectivity index is 1.68. The van der Waals surface area contributed by atoms with E-state index < -0.39 is 0 Å². The number of aryl methyl sites for hydroxylation is 2. The minimum Gasteiger partial charge on any atom is -0.301 e. The Bertz CT molecular complexity index is 846. The first-order valence-electron chi connectivity index (χ1n) is 9.35. The predicted octanol–water partition coefficient (Wildman–Crippen LogP) is 4.29. The van der Waals surface area contributed by atoms with Gasteiger partial charge in [-0.1, -0.05) is 59.7 Å². The van der Waals surface area contributed by atoms with Gasteiger partial charge in [0.15, 0.2) is 0 Å². The van der Waals surface area contributed by atoms with Crippen LogP contribution in [0.4, 0.5) is 0 Å². The number of hydrogen-bond acceptors (Lipinski definition) is 3. The van der Waals surface area contributed by atoms with Crippen molar-refractivity contribution < 1.29 is 0 Å². The molecule has 0 amide bonds. The number of rotatable bonds is 2. The highest BCUT2D eigenvalue weighted by molar-refractivity contribution is 6.07. The molecule has 2 aromatic rings. The van der Waals surface area contributed by atoms with Gasteiger partial charge in [-0.05, 0) is 43.7 Å². The zero-order valence-corrected chi connectivity index (χ0v) is 16.1. The summed E-state index contributed by atoms with van der Waals surface area (Å²) in [6.45, 7) is 6.27. The molecule has 1 saturated heterocycles. The van der Waals surface area contributed by atoms with Crippen molar-refractivity contribution in [1.82, 2.24) is 9.91 Å². The third-order valence-corrected chi connectivity index (χ3v) is 5.52. The molecule has 4 rings (SSSR count). The number of hydrazone groups is 1. The smallest absolute Gasteiger partial charge is 0.0813 e.